The van der Waals surface area contributed by atoms with Crippen LogP contribution in [0, 0.1) is 17.0 Å². The number of anilines is 1. The first-order chi connectivity index (χ1) is 10.0. The molecule has 0 bridgehead atoms. The van der Waals surface area contributed by atoms with Crippen LogP contribution in [0.1, 0.15) is 40.8 Å². The molecule has 0 unspecified atom stereocenters. The second-order valence-corrected chi connectivity index (χ2v) is 5.03. The van der Waals surface area contributed by atoms with Crippen molar-refractivity contribution in [3.8, 4) is 0 Å². The molecule has 1 heterocycles. The Bertz CT molecular complexity index is 720. The number of carbonyl (C=O) groups is 1. The van der Waals surface area contributed by atoms with Crippen molar-refractivity contribution in [1.82, 2.24) is 15.2 Å². The van der Waals surface area contributed by atoms with Crippen LogP contribution in [-0.2, 0) is 0 Å². The van der Waals surface area contributed by atoms with Gasteiger partial charge < -0.3 is 5.32 Å². The second-order valence-electron chi connectivity index (χ2n) is 5.03. The lowest BCUT2D eigenvalue weighted by Crippen LogP contribution is -2.14. The van der Waals surface area contributed by atoms with E-state index in [1.165, 1.54) is 12.1 Å². The van der Waals surface area contributed by atoms with Gasteiger partial charge in [-0.25, -0.2) is 4.98 Å². The fraction of sp³-hybridized carbons (Fsp3) is 0.308. The minimum atomic E-state index is -0.460. The molecule has 1 amide bonds. The number of H-pyrrole nitrogens is 1. The van der Waals surface area contributed by atoms with Crippen molar-refractivity contribution in [3.05, 3.63) is 45.5 Å². The molecule has 1 aromatic heterocycles. The Morgan fingerprint density at radius 1 is 1.48 bits per heavy atom. The van der Waals surface area contributed by atoms with Gasteiger partial charge in [0, 0.05) is 23.2 Å². The number of nitrogens with zero attached hydrogens (tertiary/aromatic N) is 3. The molecule has 0 aliphatic heterocycles. The number of aromatic nitrogens is 3. The predicted molar refractivity (Wildman–Crippen MR) is 74.1 cm³/mol. The molecule has 0 atom stereocenters. The second kappa shape index (κ2) is 4.97. The maximum atomic E-state index is 12.0. The highest BCUT2D eigenvalue weighted by Crippen LogP contribution is 2.37. The average Bonchev–Trinajstić information content (AvgIpc) is 3.16. The van der Waals surface area contributed by atoms with E-state index in [-0.39, 0.29) is 11.5 Å². The molecule has 1 fully saturated rings. The van der Waals surface area contributed by atoms with Gasteiger partial charge in [0.2, 0.25) is 5.82 Å². The van der Waals surface area contributed by atoms with Crippen molar-refractivity contribution in [3.63, 3.8) is 0 Å². The fourth-order valence-electron chi connectivity index (χ4n) is 2.04. The van der Waals surface area contributed by atoms with Gasteiger partial charge in [0.1, 0.15) is 5.82 Å². The van der Waals surface area contributed by atoms with E-state index in [9.17, 15) is 14.9 Å². The van der Waals surface area contributed by atoms with Gasteiger partial charge >= 0.3 is 0 Å². The molecule has 1 saturated carbocycles. The van der Waals surface area contributed by atoms with Gasteiger partial charge in [-0.3, -0.25) is 20.0 Å². The highest BCUT2D eigenvalue weighted by atomic mass is 16.6. The highest BCUT2D eigenvalue weighted by Gasteiger charge is 2.28. The van der Waals surface area contributed by atoms with Crippen molar-refractivity contribution in [2.75, 3.05) is 5.32 Å². The number of hydrogen-bond acceptors (Lipinski definition) is 5. The van der Waals surface area contributed by atoms with Crippen LogP contribution >= 0.6 is 0 Å². The van der Waals surface area contributed by atoms with Crippen LogP contribution in [0.3, 0.4) is 0 Å². The Morgan fingerprint density at radius 2 is 2.24 bits per heavy atom. The molecule has 3 rings (SSSR count). The third-order valence-corrected chi connectivity index (χ3v) is 3.32. The average molecular weight is 287 g/mol. The van der Waals surface area contributed by atoms with Crippen molar-refractivity contribution < 1.29 is 9.72 Å². The minimum Gasteiger partial charge on any atom is -0.319 e. The molecule has 2 N–H and O–H groups in total. The van der Waals surface area contributed by atoms with Gasteiger partial charge in [0.15, 0.2) is 0 Å². The highest BCUT2D eigenvalue weighted by molar-refractivity contribution is 6.01. The van der Waals surface area contributed by atoms with Gasteiger partial charge in [-0.1, -0.05) is 0 Å². The zero-order chi connectivity index (χ0) is 15.0. The third-order valence-electron chi connectivity index (χ3n) is 3.32. The molecule has 0 radical (unpaired) electrons. The molecular formula is C13H13N5O3. The number of aryl methyl sites for hydroxylation is 1. The Balaban J connectivity index is 1.74. The Kier molecular flexibility index (Phi) is 3.13. The van der Waals surface area contributed by atoms with Crippen molar-refractivity contribution in [2.45, 2.75) is 25.7 Å². The normalized spacial score (nSPS) is 14.0. The summed E-state index contributed by atoms with van der Waals surface area (Å²) < 4.78 is 0. The van der Waals surface area contributed by atoms with E-state index in [1.54, 1.807) is 13.0 Å². The predicted octanol–water partition coefficient (Wildman–Crippen LogP) is 2.15. The van der Waals surface area contributed by atoms with Crippen LogP contribution in [-0.4, -0.2) is 26.0 Å². The molecule has 8 nitrogen and oxygen atoms in total. The van der Waals surface area contributed by atoms with E-state index in [0.29, 0.717) is 17.2 Å². The molecule has 21 heavy (non-hydrogen) atoms. The topological polar surface area (TPSA) is 114 Å². The molecule has 2 aromatic rings. The van der Waals surface area contributed by atoms with E-state index in [1.807, 2.05) is 0 Å². The number of carbonyl (C=O) groups excluding carboxylic acids is 1. The van der Waals surface area contributed by atoms with Crippen LogP contribution in [0.15, 0.2) is 18.2 Å². The summed E-state index contributed by atoms with van der Waals surface area (Å²) in [4.78, 5) is 26.4. The van der Waals surface area contributed by atoms with Gasteiger partial charge in [-0.05, 0) is 31.9 Å². The lowest BCUT2D eigenvalue weighted by atomic mass is 10.2. The summed E-state index contributed by atoms with van der Waals surface area (Å²) in [7, 11) is 0. The molecule has 8 heteroatoms. The van der Waals surface area contributed by atoms with E-state index >= 15 is 0 Å². The van der Waals surface area contributed by atoms with Crippen LogP contribution < -0.4 is 5.32 Å². The molecular weight excluding hydrogens is 274 g/mol. The van der Waals surface area contributed by atoms with Gasteiger partial charge in [-0.2, -0.15) is 0 Å². The number of nitro groups is 1. The zero-order valence-corrected chi connectivity index (χ0v) is 11.3. The quantitative estimate of drug-likeness (QED) is 0.660. The van der Waals surface area contributed by atoms with Crippen molar-refractivity contribution in [2.24, 2.45) is 0 Å². The number of aromatic amines is 1. The SMILES string of the molecule is Cc1cc(NC(=O)c2n[nH]c(C3CC3)n2)ccc1[N+](=O)[O-]. The first kappa shape index (κ1) is 13.2. The molecule has 1 aliphatic rings. The summed E-state index contributed by atoms with van der Waals surface area (Å²) in [6.07, 6.45) is 2.13. The lowest BCUT2D eigenvalue weighted by molar-refractivity contribution is -0.385. The summed E-state index contributed by atoms with van der Waals surface area (Å²) >= 11 is 0. The molecule has 0 spiro atoms. The van der Waals surface area contributed by atoms with Crippen LogP contribution in [0.25, 0.3) is 0 Å². The molecule has 0 saturated heterocycles. The Hall–Kier alpha value is -2.77. The van der Waals surface area contributed by atoms with E-state index in [0.717, 1.165) is 18.7 Å². The number of nitro benzene ring substituents is 1. The zero-order valence-electron chi connectivity index (χ0n) is 11.3. The minimum absolute atomic E-state index is 0.0157. The smallest absolute Gasteiger partial charge is 0.295 e. The van der Waals surface area contributed by atoms with Crippen LogP contribution in [0.5, 0.6) is 0 Å². The summed E-state index contributed by atoms with van der Waals surface area (Å²) in [5, 5.41) is 20.0. The summed E-state index contributed by atoms with van der Waals surface area (Å²) in [6.45, 7) is 1.62. The molecule has 108 valence electrons. The van der Waals surface area contributed by atoms with Gasteiger partial charge in [0.25, 0.3) is 11.6 Å². The molecule has 1 aromatic carbocycles. The molecule has 1 aliphatic carbocycles. The van der Waals surface area contributed by atoms with Gasteiger partial charge in [-0.15, -0.1) is 5.10 Å². The maximum absolute atomic E-state index is 12.0. The lowest BCUT2D eigenvalue weighted by Gasteiger charge is -2.04. The first-order valence-electron chi connectivity index (χ1n) is 6.53. The first-order valence-corrected chi connectivity index (χ1v) is 6.53. The Labute approximate surface area is 119 Å². The van der Waals surface area contributed by atoms with Gasteiger partial charge in [0.05, 0.1) is 4.92 Å². The summed E-state index contributed by atoms with van der Waals surface area (Å²) in [6, 6.07) is 4.39. The number of hydrogen-bond donors (Lipinski definition) is 2. The standard InChI is InChI=1S/C13H13N5O3/c1-7-6-9(4-5-10(7)18(20)21)14-13(19)12-15-11(16-17-12)8-2-3-8/h4-6,8H,2-3H2,1H3,(H,14,19)(H,15,16,17). The van der Waals surface area contributed by atoms with E-state index in [4.69, 9.17) is 0 Å². The summed E-state index contributed by atoms with van der Waals surface area (Å²) in [5.74, 6) is 0.764. The van der Waals surface area contributed by atoms with E-state index < -0.39 is 10.8 Å². The monoisotopic (exact) mass is 287 g/mol. The van der Waals surface area contributed by atoms with E-state index in [2.05, 4.69) is 20.5 Å². The van der Waals surface area contributed by atoms with Crippen LogP contribution in [0.2, 0.25) is 0 Å². The number of amides is 1. The van der Waals surface area contributed by atoms with Crippen molar-refractivity contribution >= 4 is 17.3 Å². The number of rotatable bonds is 4. The number of nitrogens with one attached hydrogen (secondary N) is 2. The maximum Gasteiger partial charge on any atom is 0.295 e. The largest absolute Gasteiger partial charge is 0.319 e. The number of benzene rings is 1. The fourth-order valence-corrected chi connectivity index (χ4v) is 2.04. The van der Waals surface area contributed by atoms with Crippen LogP contribution in [0.4, 0.5) is 11.4 Å². The van der Waals surface area contributed by atoms with Crippen molar-refractivity contribution in [1.29, 1.82) is 0 Å². The Morgan fingerprint density at radius 3 is 2.86 bits per heavy atom. The third kappa shape index (κ3) is 2.73. The summed E-state index contributed by atoms with van der Waals surface area (Å²) in [5.41, 5.74) is 0.967.